The van der Waals surface area contributed by atoms with Crippen LogP contribution in [0, 0.1) is 6.92 Å². The van der Waals surface area contributed by atoms with Crippen LogP contribution in [0.5, 0.6) is 0 Å². The summed E-state index contributed by atoms with van der Waals surface area (Å²) in [6.07, 6.45) is -0.0886. The molecule has 2 aliphatic rings. The van der Waals surface area contributed by atoms with Crippen molar-refractivity contribution in [2.75, 3.05) is 39.8 Å². The number of hydrogen-bond donors (Lipinski definition) is 2. The molecule has 9 nitrogen and oxygen atoms in total. The highest BCUT2D eigenvalue weighted by Crippen LogP contribution is 2.16. The Labute approximate surface area is 138 Å². The van der Waals surface area contributed by atoms with E-state index in [9.17, 15) is 19.2 Å². The summed E-state index contributed by atoms with van der Waals surface area (Å²) in [5.41, 5.74) is -0.479. The number of nitrogens with one attached hydrogen (secondary N) is 2. The molecule has 0 bridgehead atoms. The fourth-order valence-electron chi connectivity index (χ4n) is 3.29. The fraction of sp³-hybridized carbons (Fsp3) is 0.600. The number of fused-ring (bicyclic) bond motifs is 1. The standard InChI is InChI=1S/C15H21N5O4/c1-9-10(13(22)17-15(24)16-9)7-12(21)20-6-5-19-4-3-18(2)14(23)11(19)8-20/h11H,3-8H2,1-2H3,(H2,16,17,22,24)/t11-/m0/s1. The van der Waals surface area contributed by atoms with E-state index in [4.69, 9.17) is 0 Å². The smallest absolute Gasteiger partial charge is 0.325 e. The van der Waals surface area contributed by atoms with Crippen LogP contribution in [-0.2, 0) is 16.0 Å². The van der Waals surface area contributed by atoms with Crippen molar-refractivity contribution in [1.82, 2.24) is 24.7 Å². The highest BCUT2D eigenvalue weighted by molar-refractivity contribution is 5.85. The number of aromatic amines is 2. The van der Waals surface area contributed by atoms with Crippen molar-refractivity contribution in [3.63, 3.8) is 0 Å². The zero-order valence-electron chi connectivity index (χ0n) is 13.8. The van der Waals surface area contributed by atoms with Crippen molar-refractivity contribution in [3.8, 4) is 0 Å². The van der Waals surface area contributed by atoms with Crippen LogP contribution in [0.2, 0.25) is 0 Å². The molecule has 0 aromatic carbocycles. The highest BCUT2D eigenvalue weighted by atomic mass is 16.2. The van der Waals surface area contributed by atoms with E-state index in [1.807, 2.05) is 0 Å². The summed E-state index contributed by atoms with van der Waals surface area (Å²) in [5, 5.41) is 0. The Morgan fingerprint density at radius 3 is 2.54 bits per heavy atom. The van der Waals surface area contributed by atoms with Gasteiger partial charge in [-0.3, -0.25) is 24.3 Å². The molecule has 0 unspecified atom stereocenters. The number of amides is 2. The molecule has 3 heterocycles. The molecule has 1 atom stereocenters. The van der Waals surface area contributed by atoms with Crippen LogP contribution in [0.3, 0.4) is 0 Å². The third kappa shape index (κ3) is 2.99. The lowest BCUT2D eigenvalue weighted by Crippen LogP contribution is -2.64. The van der Waals surface area contributed by atoms with Gasteiger partial charge in [0.25, 0.3) is 5.56 Å². The summed E-state index contributed by atoms with van der Waals surface area (Å²) in [7, 11) is 1.77. The second kappa shape index (κ2) is 6.23. The number of nitrogens with zero attached hydrogens (tertiary/aromatic N) is 3. The summed E-state index contributed by atoms with van der Waals surface area (Å²) in [5.74, 6) is -0.187. The lowest BCUT2D eigenvalue weighted by molar-refractivity contribution is -0.147. The third-order valence-corrected chi connectivity index (χ3v) is 4.81. The highest BCUT2D eigenvalue weighted by Gasteiger charge is 2.38. The molecular formula is C15H21N5O4. The van der Waals surface area contributed by atoms with Gasteiger partial charge >= 0.3 is 5.69 Å². The maximum absolute atomic E-state index is 12.6. The first-order valence-corrected chi connectivity index (χ1v) is 7.95. The quantitative estimate of drug-likeness (QED) is 0.643. The Kier molecular flexibility index (Phi) is 4.27. The van der Waals surface area contributed by atoms with E-state index in [-0.39, 0.29) is 29.8 Å². The van der Waals surface area contributed by atoms with Gasteiger partial charge in [-0.25, -0.2) is 4.79 Å². The van der Waals surface area contributed by atoms with Crippen molar-refractivity contribution in [3.05, 3.63) is 32.1 Å². The molecule has 9 heteroatoms. The van der Waals surface area contributed by atoms with Gasteiger partial charge in [-0.1, -0.05) is 0 Å². The molecule has 0 spiro atoms. The summed E-state index contributed by atoms with van der Waals surface area (Å²) in [4.78, 5) is 58.0. The molecule has 0 aliphatic carbocycles. The van der Waals surface area contributed by atoms with Crippen LogP contribution in [-0.4, -0.2) is 82.3 Å². The molecule has 2 amide bonds. The number of likely N-dealkylation sites (N-methyl/N-ethyl adjacent to an activating group) is 1. The lowest BCUT2D eigenvalue weighted by Gasteiger charge is -2.45. The van der Waals surface area contributed by atoms with E-state index in [1.165, 1.54) is 0 Å². The number of rotatable bonds is 2. The number of carbonyl (C=O) groups excluding carboxylic acids is 2. The molecule has 3 rings (SSSR count). The van der Waals surface area contributed by atoms with E-state index in [1.54, 1.807) is 23.8 Å². The second-order valence-corrected chi connectivity index (χ2v) is 6.34. The van der Waals surface area contributed by atoms with Gasteiger partial charge in [0.2, 0.25) is 11.8 Å². The Morgan fingerprint density at radius 1 is 1.12 bits per heavy atom. The van der Waals surface area contributed by atoms with Gasteiger partial charge < -0.3 is 14.8 Å². The van der Waals surface area contributed by atoms with Gasteiger partial charge in [0.05, 0.1) is 6.42 Å². The minimum atomic E-state index is -0.585. The SMILES string of the molecule is Cc1[nH]c(=O)[nH]c(=O)c1CC(=O)N1CCN2CCN(C)C(=O)[C@@H]2C1. The van der Waals surface area contributed by atoms with Crippen molar-refractivity contribution in [2.45, 2.75) is 19.4 Å². The molecular weight excluding hydrogens is 314 g/mol. The number of H-pyrrole nitrogens is 2. The number of piperazine rings is 2. The Balaban J connectivity index is 1.74. The summed E-state index contributed by atoms with van der Waals surface area (Å²) in [6, 6.07) is -0.309. The van der Waals surface area contributed by atoms with Gasteiger partial charge in [0.1, 0.15) is 6.04 Å². The van der Waals surface area contributed by atoms with E-state index < -0.39 is 11.2 Å². The van der Waals surface area contributed by atoms with Crippen molar-refractivity contribution in [2.24, 2.45) is 0 Å². The van der Waals surface area contributed by atoms with Crippen LogP contribution in [0.25, 0.3) is 0 Å². The van der Waals surface area contributed by atoms with Crippen molar-refractivity contribution < 1.29 is 9.59 Å². The normalized spacial score (nSPS) is 21.8. The molecule has 0 radical (unpaired) electrons. The molecule has 0 saturated carbocycles. The predicted octanol–water partition coefficient (Wildman–Crippen LogP) is -2.10. The molecule has 1 aromatic heterocycles. The van der Waals surface area contributed by atoms with Gasteiger partial charge in [0, 0.05) is 51.0 Å². The maximum atomic E-state index is 12.6. The minimum Gasteiger partial charge on any atom is -0.343 e. The topological polar surface area (TPSA) is 110 Å². The largest absolute Gasteiger partial charge is 0.343 e. The zero-order chi connectivity index (χ0) is 17.4. The first-order chi connectivity index (χ1) is 11.4. The van der Waals surface area contributed by atoms with Crippen LogP contribution < -0.4 is 11.2 Å². The fourth-order valence-corrected chi connectivity index (χ4v) is 3.29. The van der Waals surface area contributed by atoms with E-state index in [2.05, 4.69) is 14.9 Å². The Bertz CT molecular complexity index is 783. The zero-order valence-corrected chi connectivity index (χ0v) is 13.8. The predicted molar refractivity (Wildman–Crippen MR) is 85.7 cm³/mol. The van der Waals surface area contributed by atoms with E-state index >= 15 is 0 Å². The first-order valence-electron chi connectivity index (χ1n) is 7.95. The minimum absolute atomic E-state index is 0.0248. The molecule has 1 aromatic rings. The Morgan fingerprint density at radius 2 is 1.83 bits per heavy atom. The maximum Gasteiger partial charge on any atom is 0.325 e. The second-order valence-electron chi connectivity index (χ2n) is 6.34. The first kappa shape index (κ1) is 16.4. The number of carbonyl (C=O) groups is 2. The molecule has 130 valence electrons. The average molecular weight is 335 g/mol. The van der Waals surface area contributed by atoms with Crippen LogP contribution >= 0.6 is 0 Å². The molecule has 2 N–H and O–H groups in total. The summed E-state index contributed by atoms with van der Waals surface area (Å²) >= 11 is 0. The number of hydrogen-bond acceptors (Lipinski definition) is 5. The van der Waals surface area contributed by atoms with Crippen molar-refractivity contribution in [1.29, 1.82) is 0 Å². The summed E-state index contributed by atoms with van der Waals surface area (Å²) in [6.45, 7) is 4.63. The molecule has 24 heavy (non-hydrogen) atoms. The molecule has 2 fully saturated rings. The average Bonchev–Trinajstić information content (AvgIpc) is 2.54. The lowest BCUT2D eigenvalue weighted by atomic mass is 10.1. The molecule has 2 saturated heterocycles. The van der Waals surface area contributed by atoms with Crippen LogP contribution in [0.1, 0.15) is 11.3 Å². The summed E-state index contributed by atoms with van der Waals surface area (Å²) < 4.78 is 0. The number of aromatic nitrogens is 2. The van der Waals surface area contributed by atoms with Gasteiger partial charge in [-0.05, 0) is 6.92 Å². The van der Waals surface area contributed by atoms with E-state index in [0.717, 1.165) is 6.54 Å². The van der Waals surface area contributed by atoms with Gasteiger partial charge in [-0.15, -0.1) is 0 Å². The van der Waals surface area contributed by atoms with Crippen LogP contribution in [0.15, 0.2) is 9.59 Å². The molecule has 2 aliphatic heterocycles. The third-order valence-electron chi connectivity index (χ3n) is 4.81. The van der Waals surface area contributed by atoms with Gasteiger partial charge in [-0.2, -0.15) is 0 Å². The Hall–Kier alpha value is -2.42. The van der Waals surface area contributed by atoms with Gasteiger partial charge in [0.15, 0.2) is 0 Å². The van der Waals surface area contributed by atoms with Crippen LogP contribution in [0.4, 0.5) is 0 Å². The van der Waals surface area contributed by atoms with E-state index in [0.29, 0.717) is 31.9 Å². The van der Waals surface area contributed by atoms with Crippen molar-refractivity contribution >= 4 is 11.8 Å². The monoisotopic (exact) mass is 335 g/mol. The number of aryl methyl sites for hydroxylation is 1.